The quantitative estimate of drug-likeness (QED) is 0.840. The second-order valence-electron chi connectivity index (χ2n) is 7.07. The zero-order chi connectivity index (χ0) is 19.4. The van der Waals surface area contributed by atoms with Crippen LogP contribution in [-0.2, 0) is 16.0 Å². The first kappa shape index (κ1) is 19.0. The molecule has 1 heterocycles. The molecule has 142 valence electrons. The Bertz CT molecular complexity index is 815. The summed E-state index contributed by atoms with van der Waals surface area (Å²) in [6, 6.07) is 15.2. The van der Waals surface area contributed by atoms with E-state index in [1.54, 1.807) is 4.90 Å². The van der Waals surface area contributed by atoms with Gasteiger partial charge in [0, 0.05) is 24.3 Å². The van der Waals surface area contributed by atoms with E-state index in [-0.39, 0.29) is 30.3 Å². The molecule has 1 N–H and O–H groups in total. The minimum absolute atomic E-state index is 0.0311. The van der Waals surface area contributed by atoms with Gasteiger partial charge in [0.05, 0.1) is 12.0 Å². The molecule has 0 radical (unpaired) electrons. The number of aryl methyl sites for hydroxylation is 1. The van der Waals surface area contributed by atoms with E-state index < -0.39 is 0 Å². The first-order valence-corrected chi connectivity index (χ1v) is 9.43. The van der Waals surface area contributed by atoms with Crippen LogP contribution in [0.1, 0.15) is 32.8 Å². The number of para-hydroxylation sites is 1. The van der Waals surface area contributed by atoms with Crippen molar-refractivity contribution in [1.82, 2.24) is 0 Å². The fourth-order valence-corrected chi connectivity index (χ4v) is 3.29. The van der Waals surface area contributed by atoms with Gasteiger partial charge in [0.1, 0.15) is 5.75 Å². The van der Waals surface area contributed by atoms with Crippen molar-refractivity contribution in [2.24, 2.45) is 5.92 Å². The van der Waals surface area contributed by atoms with Crippen LogP contribution < -0.4 is 15.0 Å². The van der Waals surface area contributed by atoms with Gasteiger partial charge >= 0.3 is 0 Å². The average Bonchev–Trinajstić information content (AvgIpc) is 3.04. The van der Waals surface area contributed by atoms with Crippen LogP contribution in [-0.4, -0.2) is 24.5 Å². The largest absolute Gasteiger partial charge is 0.491 e. The minimum Gasteiger partial charge on any atom is -0.491 e. The van der Waals surface area contributed by atoms with E-state index >= 15 is 0 Å². The van der Waals surface area contributed by atoms with Gasteiger partial charge in [0.25, 0.3) is 0 Å². The number of nitrogens with zero attached hydrogens (tertiary/aromatic N) is 1. The van der Waals surface area contributed by atoms with E-state index in [1.807, 2.05) is 62.4 Å². The van der Waals surface area contributed by atoms with E-state index in [0.29, 0.717) is 6.54 Å². The van der Waals surface area contributed by atoms with Crippen LogP contribution in [0.2, 0.25) is 0 Å². The molecule has 1 fully saturated rings. The van der Waals surface area contributed by atoms with Gasteiger partial charge in [-0.25, -0.2) is 0 Å². The fourth-order valence-electron chi connectivity index (χ4n) is 3.29. The van der Waals surface area contributed by atoms with Crippen LogP contribution in [0.25, 0.3) is 0 Å². The molecule has 2 aromatic carbocycles. The van der Waals surface area contributed by atoms with Gasteiger partial charge in [-0.05, 0) is 56.2 Å². The second kappa shape index (κ2) is 8.25. The Morgan fingerprint density at radius 1 is 1.19 bits per heavy atom. The predicted molar refractivity (Wildman–Crippen MR) is 107 cm³/mol. The van der Waals surface area contributed by atoms with Crippen molar-refractivity contribution in [3.8, 4) is 5.75 Å². The number of nitrogens with one attached hydrogen (secondary N) is 1. The lowest BCUT2D eigenvalue weighted by Gasteiger charge is -2.18. The van der Waals surface area contributed by atoms with Crippen LogP contribution in [0.5, 0.6) is 5.75 Å². The fraction of sp³-hybridized carbons (Fsp3) is 0.364. The number of amides is 2. The molecule has 0 spiro atoms. The van der Waals surface area contributed by atoms with Crippen molar-refractivity contribution in [2.75, 3.05) is 16.8 Å². The lowest BCUT2D eigenvalue weighted by molar-refractivity contribution is -0.122. The summed E-state index contributed by atoms with van der Waals surface area (Å²) < 4.78 is 5.64. The third kappa shape index (κ3) is 4.48. The number of rotatable bonds is 6. The maximum absolute atomic E-state index is 12.7. The Hall–Kier alpha value is -2.82. The van der Waals surface area contributed by atoms with Crippen LogP contribution in [0, 0.1) is 5.92 Å². The highest BCUT2D eigenvalue weighted by atomic mass is 16.5. The van der Waals surface area contributed by atoms with Gasteiger partial charge < -0.3 is 15.0 Å². The highest BCUT2D eigenvalue weighted by molar-refractivity contribution is 6.03. The van der Waals surface area contributed by atoms with Crippen LogP contribution in [0.3, 0.4) is 0 Å². The predicted octanol–water partition coefficient (Wildman–Crippen LogP) is 4.03. The normalized spacial score (nSPS) is 16.7. The zero-order valence-electron chi connectivity index (χ0n) is 16.1. The Balaban J connectivity index is 1.67. The molecular formula is C22H26N2O3. The molecule has 0 aliphatic carbocycles. The molecule has 2 amide bonds. The molecule has 27 heavy (non-hydrogen) atoms. The van der Waals surface area contributed by atoms with E-state index in [2.05, 4.69) is 12.2 Å². The molecule has 1 aliphatic rings. The van der Waals surface area contributed by atoms with Gasteiger partial charge in [-0.3, -0.25) is 9.59 Å². The summed E-state index contributed by atoms with van der Waals surface area (Å²) in [7, 11) is 0. The molecule has 2 aromatic rings. The molecule has 1 saturated heterocycles. The minimum atomic E-state index is -0.353. The smallest absolute Gasteiger partial charge is 0.229 e. The molecular weight excluding hydrogens is 340 g/mol. The summed E-state index contributed by atoms with van der Waals surface area (Å²) in [6.45, 7) is 6.39. The second-order valence-corrected chi connectivity index (χ2v) is 7.07. The first-order valence-electron chi connectivity index (χ1n) is 9.43. The summed E-state index contributed by atoms with van der Waals surface area (Å²) in [5.74, 6) is 0.280. The molecule has 5 nitrogen and oxygen atoms in total. The van der Waals surface area contributed by atoms with E-state index in [9.17, 15) is 9.59 Å². The number of carbonyl (C=O) groups is 2. The van der Waals surface area contributed by atoms with Gasteiger partial charge in [-0.1, -0.05) is 25.1 Å². The van der Waals surface area contributed by atoms with Crippen LogP contribution in [0.4, 0.5) is 11.4 Å². The molecule has 1 aliphatic heterocycles. The highest BCUT2D eigenvalue weighted by Crippen LogP contribution is 2.28. The Morgan fingerprint density at radius 3 is 2.56 bits per heavy atom. The van der Waals surface area contributed by atoms with Crippen LogP contribution >= 0.6 is 0 Å². The van der Waals surface area contributed by atoms with Crippen molar-refractivity contribution < 1.29 is 14.3 Å². The number of anilines is 2. The number of hydrogen-bond acceptors (Lipinski definition) is 3. The molecule has 0 unspecified atom stereocenters. The van der Waals surface area contributed by atoms with Gasteiger partial charge in [-0.2, -0.15) is 0 Å². The van der Waals surface area contributed by atoms with Crippen molar-refractivity contribution in [2.45, 2.75) is 39.7 Å². The Labute approximate surface area is 160 Å². The van der Waals surface area contributed by atoms with Crippen molar-refractivity contribution in [3.63, 3.8) is 0 Å². The van der Waals surface area contributed by atoms with Gasteiger partial charge in [0.2, 0.25) is 11.8 Å². The summed E-state index contributed by atoms with van der Waals surface area (Å²) in [5, 5.41) is 2.99. The molecule has 0 saturated carbocycles. The maximum Gasteiger partial charge on any atom is 0.229 e. The summed E-state index contributed by atoms with van der Waals surface area (Å²) in [4.78, 5) is 26.8. The third-order valence-electron chi connectivity index (χ3n) is 4.67. The topological polar surface area (TPSA) is 58.6 Å². The maximum atomic E-state index is 12.7. The number of ether oxygens (including phenoxy) is 1. The van der Waals surface area contributed by atoms with E-state index in [1.165, 1.54) is 0 Å². The summed E-state index contributed by atoms with van der Waals surface area (Å²) in [5.41, 5.74) is 2.71. The molecule has 1 atom stereocenters. The third-order valence-corrected chi connectivity index (χ3v) is 4.67. The molecule has 5 heteroatoms. The number of benzene rings is 2. The lowest BCUT2D eigenvalue weighted by atomic mass is 10.1. The summed E-state index contributed by atoms with van der Waals surface area (Å²) >= 11 is 0. The van der Waals surface area contributed by atoms with E-state index in [4.69, 9.17) is 4.74 Å². The number of carbonyl (C=O) groups excluding carboxylic acids is 2. The van der Waals surface area contributed by atoms with Gasteiger partial charge in [0.15, 0.2) is 0 Å². The number of hydrogen-bond donors (Lipinski definition) is 1. The lowest BCUT2D eigenvalue weighted by Crippen LogP contribution is -2.28. The molecule has 0 bridgehead atoms. The van der Waals surface area contributed by atoms with Crippen molar-refractivity contribution in [1.29, 1.82) is 0 Å². The average molecular weight is 366 g/mol. The van der Waals surface area contributed by atoms with Gasteiger partial charge in [-0.15, -0.1) is 0 Å². The first-order chi connectivity index (χ1) is 13.0. The molecule has 3 rings (SSSR count). The van der Waals surface area contributed by atoms with E-state index in [0.717, 1.165) is 29.1 Å². The van der Waals surface area contributed by atoms with Crippen molar-refractivity contribution in [3.05, 3.63) is 54.1 Å². The standard InChI is InChI=1S/C22H26N2O3/c1-4-16-7-5-6-8-20(16)23-22(26)17-13-21(25)24(14-17)18-9-11-19(12-10-18)27-15(2)3/h5-12,15,17H,4,13-14H2,1-3H3,(H,23,26)/t17-/m0/s1. The van der Waals surface area contributed by atoms with Crippen LogP contribution in [0.15, 0.2) is 48.5 Å². The van der Waals surface area contributed by atoms with Crippen molar-refractivity contribution >= 4 is 23.2 Å². The summed E-state index contributed by atoms with van der Waals surface area (Å²) in [6.07, 6.45) is 1.17. The highest BCUT2D eigenvalue weighted by Gasteiger charge is 2.35. The Morgan fingerprint density at radius 2 is 1.89 bits per heavy atom. The monoisotopic (exact) mass is 366 g/mol. The molecule has 0 aromatic heterocycles. The SMILES string of the molecule is CCc1ccccc1NC(=O)[C@H]1CC(=O)N(c2ccc(OC(C)C)cc2)C1. The zero-order valence-corrected chi connectivity index (χ0v) is 16.1. The Kier molecular flexibility index (Phi) is 5.79.